The maximum Gasteiger partial charge on any atom is 0.153 e. The van der Waals surface area contributed by atoms with Gasteiger partial charge in [0.05, 0.1) is 6.54 Å². The van der Waals surface area contributed by atoms with Crippen LogP contribution >= 0.6 is 0 Å². The summed E-state index contributed by atoms with van der Waals surface area (Å²) in [5.41, 5.74) is 0.233. The van der Waals surface area contributed by atoms with E-state index >= 15 is 0 Å². The number of nitriles is 1. The molecule has 0 rings (SSSR count). The van der Waals surface area contributed by atoms with E-state index in [0.29, 0.717) is 13.0 Å². The van der Waals surface area contributed by atoms with E-state index in [-0.39, 0.29) is 18.0 Å². The number of carbonyl (C=O) groups is 1. The minimum absolute atomic E-state index is 0.0409. The molecular weight excluding hydrogens is 216 g/mol. The van der Waals surface area contributed by atoms with Crippen LogP contribution in [0.25, 0.3) is 0 Å². The van der Waals surface area contributed by atoms with Crippen molar-refractivity contribution in [3.05, 3.63) is 24.6 Å². The van der Waals surface area contributed by atoms with E-state index in [4.69, 9.17) is 11.1 Å². The lowest BCUT2D eigenvalue weighted by molar-refractivity contribution is -0.119. The van der Waals surface area contributed by atoms with Gasteiger partial charge in [-0.25, -0.2) is 5.84 Å². The zero-order valence-corrected chi connectivity index (χ0v) is 10.3. The number of nitrogens with two attached hydrogens (primary N) is 1. The quantitative estimate of drug-likeness (QED) is 0.206. The molecule has 0 fully saturated rings. The monoisotopic (exact) mass is 236 g/mol. The largest absolute Gasteiger partial charge is 0.385 e. The molecule has 5 heteroatoms. The molecule has 94 valence electrons. The Hall–Kier alpha value is -1.80. The van der Waals surface area contributed by atoms with Gasteiger partial charge in [0.1, 0.15) is 11.8 Å². The molecule has 0 aromatic carbocycles. The summed E-state index contributed by atoms with van der Waals surface area (Å²) >= 11 is 0. The number of hydrogen-bond donors (Lipinski definition) is 2. The maximum atomic E-state index is 11.5. The summed E-state index contributed by atoms with van der Waals surface area (Å²) in [6.45, 7) is 6.17. The third-order valence-corrected chi connectivity index (χ3v) is 2.08. The highest BCUT2D eigenvalue weighted by Crippen LogP contribution is 2.00. The summed E-state index contributed by atoms with van der Waals surface area (Å²) in [7, 11) is 0. The van der Waals surface area contributed by atoms with Crippen molar-refractivity contribution in [2.45, 2.75) is 26.2 Å². The molecule has 0 aromatic rings. The molecule has 0 unspecified atom stereocenters. The van der Waals surface area contributed by atoms with Crippen molar-refractivity contribution in [1.29, 1.82) is 5.26 Å². The minimum atomic E-state index is 0.0409. The minimum Gasteiger partial charge on any atom is -0.385 e. The normalized spacial score (nSPS) is 10.5. The predicted molar refractivity (Wildman–Crippen MR) is 67.3 cm³/mol. The number of unbranched alkanes of at least 4 members (excludes halogenated alkanes) is 1. The molecule has 0 heterocycles. The van der Waals surface area contributed by atoms with Crippen molar-refractivity contribution in [2.75, 3.05) is 13.1 Å². The molecule has 17 heavy (non-hydrogen) atoms. The van der Waals surface area contributed by atoms with Gasteiger partial charge >= 0.3 is 0 Å². The molecule has 0 spiro atoms. The molecule has 0 aromatic heterocycles. The number of ketones is 1. The topological polar surface area (TPSA) is 82.2 Å². The Morgan fingerprint density at radius 1 is 1.65 bits per heavy atom. The fourth-order valence-electron chi connectivity index (χ4n) is 1.15. The van der Waals surface area contributed by atoms with Crippen LogP contribution in [0.5, 0.6) is 0 Å². The van der Waals surface area contributed by atoms with Gasteiger partial charge in [0.2, 0.25) is 0 Å². The number of hydrazine groups is 1. The molecule has 0 saturated carbocycles. The van der Waals surface area contributed by atoms with Crippen molar-refractivity contribution in [3.8, 4) is 6.07 Å². The number of Topliss-reactive ketones (excluding diaryl/α,β-unsaturated/α-hetero) is 1. The zero-order chi connectivity index (χ0) is 13.1. The first-order valence-electron chi connectivity index (χ1n) is 5.64. The first kappa shape index (κ1) is 15.2. The van der Waals surface area contributed by atoms with Crippen LogP contribution in [0, 0.1) is 11.3 Å². The van der Waals surface area contributed by atoms with Crippen molar-refractivity contribution in [1.82, 2.24) is 10.3 Å². The Kier molecular flexibility index (Phi) is 8.43. The highest BCUT2D eigenvalue weighted by molar-refractivity contribution is 5.80. The third kappa shape index (κ3) is 7.14. The van der Waals surface area contributed by atoms with E-state index in [1.165, 1.54) is 6.20 Å². The Bertz CT molecular complexity index is 317. The van der Waals surface area contributed by atoms with Gasteiger partial charge in [-0.2, -0.15) is 5.26 Å². The van der Waals surface area contributed by atoms with Crippen LogP contribution in [0.3, 0.4) is 0 Å². The van der Waals surface area contributed by atoms with Gasteiger partial charge in [-0.3, -0.25) is 9.80 Å². The second kappa shape index (κ2) is 9.43. The number of allylic oxidation sites excluding steroid dienone is 1. The van der Waals surface area contributed by atoms with Crippen LogP contribution in [-0.2, 0) is 4.79 Å². The van der Waals surface area contributed by atoms with Gasteiger partial charge in [0.25, 0.3) is 0 Å². The number of rotatable bonds is 9. The number of carbonyl (C=O) groups excluding carboxylic acids is 1. The van der Waals surface area contributed by atoms with Crippen molar-refractivity contribution >= 4 is 5.78 Å². The van der Waals surface area contributed by atoms with Gasteiger partial charge < -0.3 is 5.32 Å². The number of hydrogen-bond acceptors (Lipinski definition) is 5. The predicted octanol–water partition coefficient (Wildman–Crippen LogP) is 1.06. The molecule has 0 aliphatic rings. The molecule has 0 amide bonds. The lowest BCUT2D eigenvalue weighted by Crippen LogP contribution is -2.35. The van der Waals surface area contributed by atoms with Gasteiger partial charge in [-0.05, 0) is 6.42 Å². The molecule has 3 N–H and O–H groups in total. The maximum absolute atomic E-state index is 11.5. The second-order valence-corrected chi connectivity index (χ2v) is 3.61. The van der Waals surface area contributed by atoms with Crippen LogP contribution in [-0.4, -0.2) is 23.9 Å². The average Bonchev–Trinajstić information content (AvgIpc) is 2.32. The van der Waals surface area contributed by atoms with Crippen molar-refractivity contribution < 1.29 is 4.79 Å². The fraction of sp³-hybridized carbons (Fsp3) is 0.500. The van der Waals surface area contributed by atoms with Crippen LogP contribution in [0.2, 0.25) is 0 Å². The van der Waals surface area contributed by atoms with Crippen molar-refractivity contribution in [2.24, 2.45) is 5.84 Å². The molecule has 0 radical (unpaired) electrons. The fourth-order valence-corrected chi connectivity index (χ4v) is 1.15. The van der Waals surface area contributed by atoms with Crippen LogP contribution in [0.4, 0.5) is 0 Å². The first-order chi connectivity index (χ1) is 8.15. The number of nitrogens with zero attached hydrogens (tertiary/aromatic N) is 2. The summed E-state index contributed by atoms with van der Waals surface area (Å²) in [6.07, 6.45) is 5.47. The zero-order valence-electron chi connectivity index (χ0n) is 10.3. The highest BCUT2D eigenvalue weighted by atomic mass is 16.1. The van der Waals surface area contributed by atoms with Crippen molar-refractivity contribution in [3.63, 3.8) is 0 Å². The van der Waals surface area contributed by atoms with E-state index in [1.54, 1.807) is 6.08 Å². The Morgan fingerprint density at radius 2 is 2.35 bits per heavy atom. The smallest absolute Gasteiger partial charge is 0.153 e. The van der Waals surface area contributed by atoms with Crippen LogP contribution in [0.1, 0.15) is 26.2 Å². The van der Waals surface area contributed by atoms with Gasteiger partial charge in [-0.15, -0.1) is 6.58 Å². The van der Waals surface area contributed by atoms with E-state index < -0.39 is 0 Å². The van der Waals surface area contributed by atoms with E-state index in [9.17, 15) is 4.79 Å². The lowest BCUT2D eigenvalue weighted by atomic mass is 10.2. The first-order valence-corrected chi connectivity index (χ1v) is 5.64. The van der Waals surface area contributed by atoms with Gasteiger partial charge in [-0.1, -0.05) is 19.4 Å². The third-order valence-electron chi connectivity index (χ3n) is 2.08. The van der Waals surface area contributed by atoms with Crippen LogP contribution in [0.15, 0.2) is 24.6 Å². The molecule has 0 atom stereocenters. The summed E-state index contributed by atoms with van der Waals surface area (Å²) < 4.78 is 0. The highest BCUT2D eigenvalue weighted by Gasteiger charge is 2.09. The summed E-state index contributed by atoms with van der Waals surface area (Å²) in [4.78, 5) is 11.5. The van der Waals surface area contributed by atoms with E-state index in [2.05, 4.69) is 11.9 Å². The Labute approximate surface area is 103 Å². The summed E-state index contributed by atoms with van der Waals surface area (Å²) in [5.74, 6) is 5.68. The van der Waals surface area contributed by atoms with Crippen LogP contribution < -0.4 is 11.2 Å². The molecular formula is C12H20N4O. The molecule has 5 nitrogen and oxygen atoms in total. The summed E-state index contributed by atoms with van der Waals surface area (Å²) in [5, 5.41) is 12.9. The summed E-state index contributed by atoms with van der Waals surface area (Å²) in [6, 6.07) is 1.94. The Morgan fingerprint density at radius 3 is 2.88 bits per heavy atom. The SMILES string of the molecule is C=CCN/C=C(/C#N)N(N)CC(=O)CCCC. The molecule has 0 saturated heterocycles. The molecule has 0 bridgehead atoms. The second-order valence-electron chi connectivity index (χ2n) is 3.61. The van der Waals surface area contributed by atoms with Gasteiger partial charge in [0.15, 0.2) is 5.78 Å². The number of nitrogens with one attached hydrogen (secondary N) is 1. The van der Waals surface area contributed by atoms with Gasteiger partial charge in [0, 0.05) is 19.2 Å². The standard InChI is InChI=1S/C12H20N4O/c1-3-5-6-12(17)10-16(14)11(8-13)9-15-7-4-2/h4,9,15H,2-3,5-7,10,14H2,1H3/b11-9-. The molecule has 0 aliphatic heterocycles. The Balaban J connectivity index is 4.21. The van der Waals surface area contributed by atoms with E-state index in [0.717, 1.165) is 17.9 Å². The average molecular weight is 236 g/mol. The lowest BCUT2D eigenvalue weighted by Gasteiger charge is -2.16. The van der Waals surface area contributed by atoms with E-state index in [1.807, 2.05) is 13.0 Å². The molecule has 0 aliphatic carbocycles.